The molecular weight excluding hydrogens is 334 g/mol. The molecule has 0 aliphatic carbocycles. The third-order valence-electron chi connectivity index (χ3n) is 3.01. The fourth-order valence-electron chi connectivity index (χ4n) is 2.02. The highest BCUT2D eigenvalue weighted by Crippen LogP contribution is 2.33. The van der Waals surface area contributed by atoms with Gasteiger partial charge in [-0.1, -0.05) is 25.1 Å². The molecule has 3 aromatic rings. The van der Waals surface area contributed by atoms with E-state index in [9.17, 15) is 0 Å². The lowest BCUT2D eigenvalue weighted by molar-refractivity contribution is 0.963. The summed E-state index contributed by atoms with van der Waals surface area (Å²) in [7, 11) is 0. The zero-order valence-electron chi connectivity index (χ0n) is 11.1. The molecule has 3 rings (SSSR count). The molecule has 0 aliphatic heterocycles. The Kier molecular flexibility index (Phi) is 3.98. The number of aromatic nitrogens is 2. The predicted octanol–water partition coefficient (Wildman–Crippen LogP) is 4.94. The minimum absolute atomic E-state index is 0.768. The van der Waals surface area contributed by atoms with Crippen molar-refractivity contribution >= 4 is 43.2 Å². The summed E-state index contributed by atoms with van der Waals surface area (Å²) in [5.74, 6) is 1.62. The van der Waals surface area contributed by atoms with E-state index in [-0.39, 0.29) is 0 Å². The first kappa shape index (κ1) is 13.5. The molecule has 1 N–H and O–H groups in total. The van der Waals surface area contributed by atoms with Crippen LogP contribution in [0.5, 0.6) is 0 Å². The number of nitrogens with one attached hydrogen (secondary N) is 1. The zero-order valence-corrected chi connectivity index (χ0v) is 13.5. The van der Waals surface area contributed by atoms with Crippen LogP contribution in [0.3, 0.4) is 0 Å². The van der Waals surface area contributed by atoms with Crippen molar-refractivity contribution in [2.75, 3.05) is 11.9 Å². The van der Waals surface area contributed by atoms with Crippen LogP contribution in [-0.4, -0.2) is 16.5 Å². The van der Waals surface area contributed by atoms with Crippen LogP contribution in [0, 0.1) is 0 Å². The third kappa shape index (κ3) is 2.55. The maximum Gasteiger partial charge on any atom is 0.163 e. The van der Waals surface area contributed by atoms with E-state index in [1.54, 1.807) is 11.3 Å². The number of hydrogen-bond acceptors (Lipinski definition) is 4. The van der Waals surface area contributed by atoms with E-state index >= 15 is 0 Å². The van der Waals surface area contributed by atoms with E-state index in [2.05, 4.69) is 61.7 Å². The monoisotopic (exact) mass is 347 g/mol. The fraction of sp³-hybridized carbons (Fsp3) is 0.200. The van der Waals surface area contributed by atoms with Crippen LogP contribution >= 0.6 is 27.3 Å². The summed E-state index contributed by atoms with van der Waals surface area (Å²) >= 11 is 5.21. The zero-order chi connectivity index (χ0) is 13.9. The maximum atomic E-state index is 4.64. The van der Waals surface area contributed by atoms with Gasteiger partial charge < -0.3 is 5.32 Å². The summed E-state index contributed by atoms with van der Waals surface area (Å²) in [6.45, 7) is 3.04. The van der Waals surface area contributed by atoms with Crippen molar-refractivity contribution in [1.29, 1.82) is 0 Å². The molecule has 0 saturated carbocycles. The molecule has 0 atom stereocenters. The number of anilines is 1. The molecule has 0 bridgehead atoms. The van der Waals surface area contributed by atoms with Crippen molar-refractivity contribution in [2.45, 2.75) is 13.3 Å². The molecule has 0 aliphatic rings. The van der Waals surface area contributed by atoms with Gasteiger partial charge in [-0.2, -0.15) is 0 Å². The van der Waals surface area contributed by atoms with E-state index in [0.29, 0.717) is 0 Å². The first-order valence-corrected chi connectivity index (χ1v) is 8.20. The molecule has 0 amide bonds. The van der Waals surface area contributed by atoms with Crippen LogP contribution in [0.4, 0.5) is 5.82 Å². The number of halogens is 1. The van der Waals surface area contributed by atoms with Crippen molar-refractivity contribution in [3.63, 3.8) is 0 Å². The molecule has 5 heteroatoms. The van der Waals surface area contributed by atoms with E-state index < -0.39 is 0 Å². The molecule has 1 aromatic carbocycles. The highest BCUT2D eigenvalue weighted by molar-refractivity contribution is 9.10. The fourth-order valence-corrected chi connectivity index (χ4v) is 3.29. The highest BCUT2D eigenvalue weighted by Gasteiger charge is 2.11. The Labute approximate surface area is 130 Å². The molecule has 3 nitrogen and oxygen atoms in total. The summed E-state index contributed by atoms with van der Waals surface area (Å²) in [4.78, 5) is 9.09. The van der Waals surface area contributed by atoms with Gasteiger partial charge in [0.15, 0.2) is 5.82 Å². The summed E-state index contributed by atoms with van der Waals surface area (Å²) in [6.07, 6.45) is 2.87. The Bertz CT molecular complexity index is 739. The van der Waals surface area contributed by atoms with Gasteiger partial charge >= 0.3 is 0 Å². The van der Waals surface area contributed by atoms with E-state index in [1.807, 2.05) is 12.3 Å². The second-order valence-electron chi connectivity index (χ2n) is 4.46. The minimum Gasteiger partial charge on any atom is -0.369 e. The number of fused-ring (bicyclic) bond motifs is 1. The van der Waals surface area contributed by atoms with E-state index in [1.165, 1.54) is 10.1 Å². The van der Waals surface area contributed by atoms with Gasteiger partial charge in [0.25, 0.3) is 0 Å². The van der Waals surface area contributed by atoms with Gasteiger partial charge in [0.1, 0.15) is 5.82 Å². The Hall–Kier alpha value is -1.46. The van der Waals surface area contributed by atoms with Crippen molar-refractivity contribution in [3.05, 3.63) is 40.3 Å². The summed E-state index contributed by atoms with van der Waals surface area (Å²) < 4.78 is 2.16. The average Bonchev–Trinajstić information content (AvgIpc) is 2.90. The van der Waals surface area contributed by atoms with Crippen LogP contribution in [0.2, 0.25) is 0 Å². The second kappa shape index (κ2) is 5.89. The lowest BCUT2D eigenvalue weighted by atomic mass is 10.1. The van der Waals surface area contributed by atoms with E-state index in [0.717, 1.165) is 34.6 Å². The normalized spacial score (nSPS) is 10.9. The Morgan fingerprint density at radius 2 is 2.15 bits per heavy atom. The van der Waals surface area contributed by atoms with Gasteiger partial charge in [0.2, 0.25) is 0 Å². The number of rotatable bonds is 4. The molecule has 2 aromatic heterocycles. The SMILES string of the molecule is CCCNc1nc(-c2csc3ccccc23)ncc1Br. The van der Waals surface area contributed by atoms with Crippen molar-refractivity contribution in [2.24, 2.45) is 0 Å². The molecule has 0 unspecified atom stereocenters. The molecule has 0 radical (unpaired) electrons. The third-order valence-corrected chi connectivity index (χ3v) is 4.55. The quantitative estimate of drug-likeness (QED) is 0.725. The highest BCUT2D eigenvalue weighted by atomic mass is 79.9. The summed E-state index contributed by atoms with van der Waals surface area (Å²) in [6, 6.07) is 8.34. The average molecular weight is 348 g/mol. The van der Waals surface area contributed by atoms with Gasteiger partial charge in [-0.3, -0.25) is 0 Å². The second-order valence-corrected chi connectivity index (χ2v) is 6.23. The number of nitrogens with zero attached hydrogens (tertiary/aromatic N) is 2. The topological polar surface area (TPSA) is 37.8 Å². The first-order valence-electron chi connectivity index (χ1n) is 6.52. The molecule has 2 heterocycles. The Morgan fingerprint density at radius 3 is 3.00 bits per heavy atom. The molecule has 0 saturated heterocycles. The van der Waals surface area contributed by atoms with Crippen molar-refractivity contribution in [1.82, 2.24) is 9.97 Å². The van der Waals surface area contributed by atoms with Gasteiger partial charge in [-0.15, -0.1) is 11.3 Å². The summed E-state index contributed by atoms with van der Waals surface area (Å²) in [5.41, 5.74) is 1.10. The lowest BCUT2D eigenvalue weighted by Crippen LogP contribution is -2.04. The molecule has 20 heavy (non-hydrogen) atoms. The van der Waals surface area contributed by atoms with Crippen LogP contribution in [0.15, 0.2) is 40.3 Å². The number of benzene rings is 1. The first-order chi connectivity index (χ1) is 9.79. The van der Waals surface area contributed by atoms with Gasteiger partial charge in [0, 0.05) is 33.8 Å². The van der Waals surface area contributed by atoms with Crippen molar-refractivity contribution < 1.29 is 0 Å². The van der Waals surface area contributed by atoms with Crippen LogP contribution < -0.4 is 5.32 Å². The number of hydrogen-bond donors (Lipinski definition) is 1. The minimum atomic E-state index is 0.768. The van der Waals surface area contributed by atoms with Crippen LogP contribution in [-0.2, 0) is 0 Å². The lowest BCUT2D eigenvalue weighted by Gasteiger charge is -2.07. The standard InChI is InChI=1S/C15H14BrN3S/c1-2-7-17-15-12(16)8-18-14(19-15)11-9-20-13-6-4-3-5-10(11)13/h3-6,8-9H,2,7H2,1H3,(H,17,18,19). The molecule has 0 spiro atoms. The number of thiophene rings is 1. The maximum absolute atomic E-state index is 4.64. The Morgan fingerprint density at radius 1 is 1.30 bits per heavy atom. The molecule has 0 fully saturated rings. The largest absolute Gasteiger partial charge is 0.369 e. The molecule has 102 valence electrons. The van der Waals surface area contributed by atoms with Gasteiger partial charge in [-0.05, 0) is 28.4 Å². The van der Waals surface area contributed by atoms with Crippen LogP contribution in [0.25, 0.3) is 21.5 Å². The van der Waals surface area contributed by atoms with Crippen LogP contribution in [0.1, 0.15) is 13.3 Å². The summed E-state index contributed by atoms with van der Waals surface area (Å²) in [5, 5.41) is 6.65. The van der Waals surface area contributed by atoms with Gasteiger partial charge in [0.05, 0.1) is 4.47 Å². The molecular formula is C15H14BrN3S. The predicted molar refractivity (Wildman–Crippen MR) is 89.3 cm³/mol. The van der Waals surface area contributed by atoms with Gasteiger partial charge in [-0.25, -0.2) is 9.97 Å². The van der Waals surface area contributed by atoms with E-state index in [4.69, 9.17) is 0 Å². The van der Waals surface area contributed by atoms with Crippen molar-refractivity contribution in [3.8, 4) is 11.4 Å². The smallest absolute Gasteiger partial charge is 0.163 e. The Balaban J connectivity index is 2.05.